The van der Waals surface area contributed by atoms with Crippen LogP contribution in [-0.4, -0.2) is 130 Å². The SMILES string of the molecule is COCC(=O)N[C@H]1C[C@@H](C(=O)O)N(C(=O)CSCC(=O)N2C[C@@H](NC(=O)CSC)C[C@H]2C(=O)O)C1. The van der Waals surface area contributed by atoms with Crippen molar-refractivity contribution in [2.24, 2.45) is 0 Å². The minimum Gasteiger partial charge on any atom is -0.480 e. The molecular formula is C20H30N4O9S2. The second-order valence-electron chi connectivity index (χ2n) is 8.16. The van der Waals surface area contributed by atoms with Crippen LogP contribution in [0.2, 0.25) is 0 Å². The Kier molecular flexibility index (Phi) is 11.1. The highest BCUT2D eigenvalue weighted by Crippen LogP contribution is 2.22. The van der Waals surface area contributed by atoms with Crippen molar-refractivity contribution < 1.29 is 43.7 Å². The summed E-state index contributed by atoms with van der Waals surface area (Å²) in [6.45, 7) is -0.110. The van der Waals surface area contributed by atoms with Crippen LogP contribution in [0, 0.1) is 0 Å². The average Bonchev–Trinajstić information content (AvgIpc) is 3.38. The molecule has 0 aromatic rings. The summed E-state index contributed by atoms with van der Waals surface area (Å²) in [5, 5.41) is 24.3. The molecule has 35 heavy (non-hydrogen) atoms. The molecule has 4 atom stereocenters. The molecular weight excluding hydrogens is 504 g/mol. The molecule has 2 aliphatic heterocycles. The summed E-state index contributed by atoms with van der Waals surface area (Å²) in [5.41, 5.74) is 0. The van der Waals surface area contributed by atoms with Crippen molar-refractivity contribution in [3.63, 3.8) is 0 Å². The Hall–Kier alpha value is -2.52. The van der Waals surface area contributed by atoms with Gasteiger partial charge >= 0.3 is 11.9 Å². The Labute approximate surface area is 210 Å². The van der Waals surface area contributed by atoms with Crippen LogP contribution in [0.15, 0.2) is 0 Å². The molecule has 2 fully saturated rings. The number of methoxy groups -OCH3 is 1. The van der Waals surface area contributed by atoms with Gasteiger partial charge in [0.25, 0.3) is 0 Å². The molecule has 0 unspecified atom stereocenters. The van der Waals surface area contributed by atoms with Crippen LogP contribution in [0.4, 0.5) is 0 Å². The third kappa shape index (κ3) is 8.28. The predicted molar refractivity (Wildman–Crippen MR) is 127 cm³/mol. The molecule has 2 aliphatic rings. The number of aliphatic carboxylic acids is 2. The zero-order chi connectivity index (χ0) is 26.1. The molecule has 0 aliphatic carbocycles. The molecule has 2 rings (SSSR count). The molecule has 0 aromatic carbocycles. The molecule has 4 amide bonds. The Bertz CT molecular complexity index is 777. The highest BCUT2D eigenvalue weighted by Gasteiger charge is 2.41. The van der Waals surface area contributed by atoms with E-state index in [4.69, 9.17) is 4.74 Å². The summed E-state index contributed by atoms with van der Waals surface area (Å²) >= 11 is 2.28. The van der Waals surface area contributed by atoms with Gasteiger partial charge in [-0.2, -0.15) is 11.8 Å². The number of carboxylic acid groups (broad SMARTS) is 2. The van der Waals surface area contributed by atoms with Crippen molar-refractivity contribution in [1.82, 2.24) is 20.4 Å². The summed E-state index contributed by atoms with van der Waals surface area (Å²) in [6, 6.07) is -3.19. The van der Waals surface area contributed by atoms with Crippen LogP contribution >= 0.6 is 23.5 Å². The summed E-state index contributed by atoms with van der Waals surface area (Å²) < 4.78 is 4.73. The maximum atomic E-state index is 12.7. The number of thioether (sulfide) groups is 2. The van der Waals surface area contributed by atoms with Gasteiger partial charge in [0.05, 0.1) is 17.3 Å². The van der Waals surface area contributed by atoms with Gasteiger partial charge in [0.15, 0.2) is 0 Å². The molecule has 13 nitrogen and oxygen atoms in total. The zero-order valence-corrected chi connectivity index (χ0v) is 21.1. The first kappa shape index (κ1) is 28.7. The Balaban J connectivity index is 1.89. The lowest BCUT2D eigenvalue weighted by Gasteiger charge is -2.23. The molecule has 196 valence electrons. The van der Waals surface area contributed by atoms with Crippen LogP contribution in [0.25, 0.3) is 0 Å². The fraction of sp³-hybridized carbons (Fsp3) is 0.700. The van der Waals surface area contributed by atoms with Crippen LogP contribution in [-0.2, 0) is 33.5 Å². The number of carbonyl (C=O) groups is 6. The highest BCUT2D eigenvalue weighted by molar-refractivity contribution is 8.00. The van der Waals surface area contributed by atoms with Gasteiger partial charge in [-0.3, -0.25) is 19.2 Å². The highest BCUT2D eigenvalue weighted by atomic mass is 32.2. The molecule has 15 heteroatoms. The minimum atomic E-state index is -1.20. The number of carboxylic acids is 2. The predicted octanol–water partition coefficient (Wildman–Crippen LogP) is -1.93. The quantitative estimate of drug-likeness (QED) is 0.219. The second-order valence-corrected chi connectivity index (χ2v) is 10.0. The van der Waals surface area contributed by atoms with E-state index in [2.05, 4.69) is 10.6 Å². The lowest BCUT2D eigenvalue weighted by atomic mass is 10.1. The van der Waals surface area contributed by atoms with E-state index >= 15 is 0 Å². The molecule has 0 aromatic heterocycles. The molecule has 4 N–H and O–H groups in total. The summed E-state index contributed by atoms with van der Waals surface area (Å²) in [7, 11) is 1.35. The first-order valence-electron chi connectivity index (χ1n) is 10.8. The summed E-state index contributed by atoms with van der Waals surface area (Å²) in [6.07, 6.45) is 1.91. The number of ether oxygens (including phenoxy) is 1. The van der Waals surface area contributed by atoms with Gasteiger partial charge in [-0.1, -0.05) is 0 Å². The van der Waals surface area contributed by atoms with Gasteiger partial charge in [0, 0.05) is 45.1 Å². The summed E-state index contributed by atoms with van der Waals surface area (Å²) in [5.74, 6) is -4.16. The topological polar surface area (TPSA) is 183 Å². The normalized spacial score (nSPS) is 23.7. The van der Waals surface area contributed by atoms with E-state index in [9.17, 15) is 39.0 Å². The van der Waals surface area contributed by atoms with Crippen molar-refractivity contribution in [3.8, 4) is 0 Å². The standard InChI is InChI=1S/C20H30N4O9S2/c1-33-7-15(25)21-11-3-13(19(29)30)23(5-11)17(27)9-35-10-18(28)24-6-12(4-14(24)20(31)32)22-16(26)8-34-2/h11-14H,3-10H2,1-2H3,(H,21,25)(H,22,26)(H,29,30)(H,31,32)/t11-,12-,13-,14-/m0/s1. The molecule has 0 radical (unpaired) electrons. The Morgan fingerprint density at radius 2 is 1.29 bits per heavy atom. The smallest absolute Gasteiger partial charge is 0.326 e. The van der Waals surface area contributed by atoms with Crippen molar-refractivity contribution in [3.05, 3.63) is 0 Å². The van der Waals surface area contributed by atoms with Gasteiger partial charge in [-0.05, 0) is 6.26 Å². The maximum Gasteiger partial charge on any atom is 0.326 e. The number of amides is 4. The maximum absolute atomic E-state index is 12.7. The van der Waals surface area contributed by atoms with E-state index in [-0.39, 0.29) is 55.7 Å². The number of carbonyl (C=O) groups excluding carboxylic acids is 4. The monoisotopic (exact) mass is 534 g/mol. The third-order valence-corrected chi connectivity index (χ3v) is 7.00. The number of hydrogen-bond donors (Lipinski definition) is 4. The van der Waals surface area contributed by atoms with E-state index in [1.807, 2.05) is 0 Å². The second kappa shape index (κ2) is 13.5. The van der Waals surface area contributed by atoms with Crippen LogP contribution < -0.4 is 10.6 Å². The zero-order valence-electron chi connectivity index (χ0n) is 19.4. The number of nitrogens with zero attached hydrogens (tertiary/aromatic N) is 2. The number of likely N-dealkylation sites (tertiary alicyclic amines) is 2. The van der Waals surface area contributed by atoms with Gasteiger partial charge in [0.2, 0.25) is 23.6 Å². The molecule has 0 bridgehead atoms. The Morgan fingerprint density at radius 1 is 0.829 bits per heavy atom. The van der Waals surface area contributed by atoms with E-state index in [1.165, 1.54) is 23.8 Å². The van der Waals surface area contributed by atoms with Crippen LogP contribution in [0.3, 0.4) is 0 Å². The lowest BCUT2D eigenvalue weighted by Crippen LogP contribution is -2.44. The first-order chi connectivity index (χ1) is 16.6. The minimum absolute atomic E-state index is 0.0183. The fourth-order valence-electron chi connectivity index (χ4n) is 4.09. The van der Waals surface area contributed by atoms with Crippen LogP contribution in [0.5, 0.6) is 0 Å². The van der Waals surface area contributed by atoms with Crippen molar-refractivity contribution in [2.75, 3.05) is 50.3 Å². The summed E-state index contributed by atoms with van der Waals surface area (Å²) in [4.78, 5) is 74.4. The van der Waals surface area contributed by atoms with E-state index in [1.54, 1.807) is 6.26 Å². The van der Waals surface area contributed by atoms with Gasteiger partial charge < -0.3 is 35.4 Å². The van der Waals surface area contributed by atoms with E-state index in [0.29, 0.717) is 0 Å². The van der Waals surface area contributed by atoms with Crippen molar-refractivity contribution in [1.29, 1.82) is 0 Å². The third-order valence-electron chi connectivity index (χ3n) is 5.55. The molecule has 2 heterocycles. The molecule has 0 spiro atoms. The molecule has 0 saturated carbocycles. The van der Waals surface area contributed by atoms with Crippen LogP contribution in [0.1, 0.15) is 12.8 Å². The number of hydrogen-bond acceptors (Lipinski definition) is 9. The van der Waals surface area contributed by atoms with Gasteiger partial charge in [-0.15, -0.1) is 11.8 Å². The van der Waals surface area contributed by atoms with E-state index < -0.39 is 53.8 Å². The largest absolute Gasteiger partial charge is 0.480 e. The number of nitrogens with one attached hydrogen (secondary N) is 2. The van der Waals surface area contributed by atoms with Gasteiger partial charge in [0.1, 0.15) is 18.7 Å². The Morgan fingerprint density at radius 3 is 1.69 bits per heavy atom. The van der Waals surface area contributed by atoms with Crippen molar-refractivity contribution >= 4 is 59.1 Å². The first-order valence-corrected chi connectivity index (χ1v) is 13.3. The lowest BCUT2D eigenvalue weighted by molar-refractivity contribution is -0.147. The fourth-order valence-corrected chi connectivity index (χ4v) is 5.22. The van der Waals surface area contributed by atoms with Gasteiger partial charge in [-0.25, -0.2) is 9.59 Å². The molecule has 2 saturated heterocycles. The number of rotatable bonds is 12. The van der Waals surface area contributed by atoms with E-state index in [0.717, 1.165) is 16.7 Å². The average molecular weight is 535 g/mol. The van der Waals surface area contributed by atoms with Crippen molar-refractivity contribution in [2.45, 2.75) is 37.0 Å².